The van der Waals surface area contributed by atoms with Gasteiger partial charge in [0.25, 0.3) is 0 Å². The Balaban J connectivity index is 1.85. The topological polar surface area (TPSA) is 39.9 Å². The van der Waals surface area contributed by atoms with E-state index in [9.17, 15) is 8.78 Å². The number of hydrogen-bond acceptors (Lipinski definition) is 3. The minimum absolute atomic E-state index is 0.109. The molecular weight excluding hydrogens is 388 g/mol. The standard InChI is InChI=1S/C22H23F2N3OSi/c1-29(2,3)12-11-28-14-27-22(19-17(23)9-6-10-18(19)24)21-20(26-27)16-8-5-4-7-15(16)13-25-21/h4-10,13H,11-12,14H2,1-3H3. The maximum atomic E-state index is 14.6. The highest BCUT2D eigenvalue weighted by Crippen LogP contribution is 2.34. The molecule has 0 amide bonds. The maximum Gasteiger partial charge on any atom is 0.140 e. The summed E-state index contributed by atoms with van der Waals surface area (Å²) in [5, 5.41) is 6.45. The van der Waals surface area contributed by atoms with Crippen molar-refractivity contribution in [3.05, 3.63) is 60.3 Å². The van der Waals surface area contributed by atoms with Crippen LogP contribution in [-0.2, 0) is 11.5 Å². The lowest BCUT2D eigenvalue weighted by molar-refractivity contribution is 0.0802. The Morgan fingerprint density at radius 3 is 2.41 bits per heavy atom. The lowest BCUT2D eigenvalue weighted by atomic mass is 10.1. The van der Waals surface area contributed by atoms with E-state index in [1.807, 2.05) is 24.3 Å². The lowest BCUT2D eigenvalue weighted by Crippen LogP contribution is -2.22. The highest BCUT2D eigenvalue weighted by molar-refractivity contribution is 6.76. The van der Waals surface area contributed by atoms with E-state index in [2.05, 4.69) is 29.7 Å². The average Bonchev–Trinajstić information content (AvgIpc) is 3.03. The summed E-state index contributed by atoms with van der Waals surface area (Å²) in [6.45, 7) is 7.51. The van der Waals surface area contributed by atoms with Gasteiger partial charge in [-0.1, -0.05) is 50.0 Å². The van der Waals surface area contributed by atoms with Crippen LogP contribution in [0.2, 0.25) is 25.7 Å². The molecule has 0 N–H and O–H groups in total. The zero-order valence-corrected chi connectivity index (χ0v) is 17.7. The third-order valence-corrected chi connectivity index (χ3v) is 6.59. The van der Waals surface area contributed by atoms with Gasteiger partial charge in [0.05, 0.1) is 5.56 Å². The predicted octanol–water partition coefficient (Wildman–Crippen LogP) is 5.84. The van der Waals surface area contributed by atoms with E-state index in [1.54, 1.807) is 6.20 Å². The van der Waals surface area contributed by atoms with Crippen LogP contribution >= 0.6 is 0 Å². The highest BCUT2D eigenvalue weighted by Gasteiger charge is 2.22. The van der Waals surface area contributed by atoms with Gasteiger partial charge < -0.3 is 4.74 Å². The van der Waals surface area contributed by atoms with Crippen molar-refractivity contribution in [2.75, 3.05) is 6.61 Å². The number of aromatic nitrogens is 3. The fourth-order valence-electron chi connectivity index (χ4n) is 3.31. The molecule has 150 valence electrons. The molecule has 4 aromatic rings. The molecule has 4 nitrogen and oxygen atoms in total. The minimum atomic E-state index is -1.25. The number of rotatable bonds is 6. The number of fused-ring (bicyclic) bond motifs is 3. The smallest absolute Gasteiger partial charge is 0.140 e. The SMILES string of the molecule is C[Si](C)(C)CCOCn1nc2c(ncc3ccccc32)c1-c1c(F)cccc1F. The maximum absolute atomic E-state index is 14.6. The molecule has 0 saturated heterocycles. The van der Waals surface area contributed by atoms with Gasteiger partial charge in [-0.15, -0.1) is 0 Å². The summed E-state index contributed by atoms with van der Waals surface area (Å²) in [4.78, 5) is 4.49. The summed E-state index contributed by atoms with van der Waals surface area (Å²) in [5.41, 5.74) is 1.23. The normalized spacial score (nSPS) is 12.2. The highest BCUT2D eigenvalue weighted by atomic mass is 28.3. The molecule has 0 fully saturated rings. The Labute approximate surface area is 169 Å². The summed E-state index contributed by atoms with van der Waals surface area (Å²) in [6, 6.07) is 12.5. The fraction of sp³-hybridized carbons (Fsp3) is 0.273. The molecule has 0 aliphatic rings. The summed E-state index contributed by atoms with van der Waals surface area (Å²) < 4.78 is 36.6. The molecule has 0 aliphatic heterocycles. The summed E-state index contributed by atoms with van der Waals surface area (Å²) in [6.07, 6.45) is 1.71. The van der Waals surface area contributed by atoms with Crippen LogP contribution in [0.4, 0.5) is 8.78 Å². The predicted molar refractivity (Wildman–Crippen MR) is 114 cm³/mol. The van der Waals surface area contributed by atoms with Crippen molar-refractivity contribution in [1.29, 1.82) is 0 Å². The Morgan fingerprint density at radius 2 is 1.69 bits per heavy atom. The van der Waals surface area contributed by atoms with Gasteiger partial charge in [0.2, 0.25) is 0 Å². The summed E-state index contributed by atoms with van der Waals surface area (Å²) >= 11 is 0. The lowest BCUT2D eigenvalue weighted by Gasteiger charge is -2.16. The molecule has 0 aliphatic carbocycles. The first-order valence-corrected chi connectivity index (χ1v) is 13.3. The Hall–Kier alpha value is -2.64. The van der Waals surface area contributed by atoms with Crippen molar-refractivity contribution in [2.45, 2.75) is 32.4 Å². The van der Waals surface area contributed by atoms with Gasteiger partial charge in [-0.3, -0.25) is 4.98 Å². The zero-order chi connectivity index (χ0) is 20.6. The van der Waals surface area contributed by atoms with Crippen molar-refractivity contribution >= 4 is 29.9 Å². The molecule has 0 unspecified atom stereocenters. The molecular formula is C22H23F2N3OSi. The number of nitrogens with zero attached hydrogens (tertiary/aromatic N) is 3. The third kappa shape index (κ3) is 3.93. The molecule has 29 heavy (non-hydrogen) atoms. The van der Waals surface area contributed by atoms with Crippen LogP contribution in [0, 0.1) is 11.6 Å². The molecule has 0 saturated carbocycles. The number of hydrogen-bond donors (Lipinski definition) is 0. The van der Waals surface area contributed by atoms with Gasteiger partial charge in [-0.05, 0) is 18.2 Å². The first-order valence-electron chi connectivity index (χ1n) is 9.61. The molecule has 4 rings (SSSR count). The van der Waals surface area contributed by atoms with Crippen molar-refractivity contribution in [3.63, 3.8) is 0 Å². The molecule has 2 aromatic carbocycles. The van der Waals surface area contributed by atoms with Crippen LogP contribution in [0.1, 0.15) is 0 Å². The molecule has 0 spiro atoms. The van der Waals surface area contributed by atoms with Gasteiger partial charge in [0.15, 0.2) is 0 Å². The van der Waals surface area contributed by atoms with Crippen molar-refractivity contribution in [1.82, 2.24) is 14.8 Å². The quantitative estimate of drug-likeness (QED) is 0.295. The minimum Gasteiger partial charge on any atom is -0.360 e. The molecule has 2 heterocycles. The van der Waals surface area contributed by atoms with Gasteiger partial charge >= 0.3 is 0 Å². The number of pyridine rings is 1. The van der Waals surface area contributed by atoms with Crippen molar-refractivity contribution in [2.24, 2.45) is 0 Å². The van der Waals surface area contributed by atoms with Gasteiger partial charge in [-0.2, -0.15) is 5.10 Å². The molecule has 7 heteroatoms. The van der Waals surface area contributed by atoms with Crippen LogP contribution in [0.5, 0.6) is 0 Å². The Bertz CT molecular complexity index is 1160. The van der Waals surface area contributed by atoms with Gasteiger partial charge in [0.1, 0.15) is 35.1 Å². The first-order chi connectivity index (χ1) is 13.8. The van der Waals surface area contributed by atoms with Gasteiger partial charge in [0, 0.05) is 31.7 Å². The van der Waals surface area contributed by atoms with E-state index in [4.69, 9.17) is 4.74 Å². The second-order valence-corrected chi connectivity index (χ2v) is 14.0. The number of halogens is 2. The Morgan fingerprint density at radius 1 is 0.966 bits per heavy atom. The fourth-order valence-corrected chi connectivity index (χ4v) is 4.07. The van der Waals surface area contributed by atoms with Crippen LogP contribution in [0.25, 0.3) is 33.1 Å². The van der Waals surface area contributed by atoms with E-state index >= 15 is 0 Å². The van der Waals surface area contributed by atoms with Crippen LogP contribution in [0.15, 0.2) is 48.7 Å². The summed E-state index contributed by atoms with van der Waals surface area (Å²) in [5.74, 6) is -1.30. The third-order valence-electron chi connectivity index (χ3n) is 4.89. The molecule has 0 radical (unpaired) electrons. The van der Waals surface area contributed by atoms with E-state index in [-0.39, 0.29) is 12.3 Å². The number of ether oxygens (including phenoxy) is 1. The largest absolute Gasteiger partial charge is 0.360 e. The average molecular weight is 412 g/mol. The first kappa shape index (κ1) is 19.7. The van der Waals surface area contributed by atoms with E-state index < -0.39 is 19.7 Å². The van der Waals surface area contributed by atoms with E-state index in [1.165, 1.54) is 22.9 Å². The van der Waals surface area contributed by atoms with Crippen LogP contribution in [0.3, 0.4) is 0 Å². The monoisotopic (exact) mass is 411 g/mol. The van der Waals surface area contributed by atoms with Crippen molar-refractivity contribution in [3.8, 4) is 11.3 Å². The zero-order valence-electron chi connectivity index (χ0n) is 16.7. The van der Waals surface area contributed by atoms with Crippen molar-refractivity contribution < 1.29 is 13.5 Å². The van der Waals surface area contributed by atoms with Gasteiger partial charge in [-0.25, -0.2) is 13.5 Å². The second kappa shape index (κ2) is 7.65. The number of benzene rings is 2. The Kier molecular flexibility index (Phi) is 5.18. The van der Waals surface area contributed by atoms with Crippen LogP contribution in [-0.4, -0.2) is 29.4 Å². The van der Waals surface area contributed by atoms with E-state index in [0.29, 0.717) is 23.3 Å². The summed E-state index contributed by atoms with van der Waals surface area (Å²) in [7, 11) is -1.25. The molecule has 2 aromatic heterocycles. The van der Waals surface area contributed by atoms with E-state index in [0.717, 1.165) is 16.8 Å². The second-order valence-electron chi connectivity index (χ2n) is 8.34. The molecule has 0 atom stereocenters. The van der Waals surface area contributed by atoms with Crippen LogP contribution < -0.4 is 0 Å². The molecule has 0 bridgehead atoms.